The Bertz CT molecular complexity index is 571. The van der Waals surface area contributed by atoms with Crippen molar-refractivity contribution in [2.24, 2.45) is 5.41 Å². The lowest BCUT2D eigenvalue weighted by Crippen LogP contribution is -2.58. The minimum Gasteiger partial charge on any atom is -0.377 e. The van der Waals surface area contributed by atoms with Crippen LogP contribution in [0.25, 0.3) is 0 Å². The van der Waals surface area contributed by atoms with Gasteiger partial charge >= 0.3 is 0 Å². The molecule has 0 aliphatic carbocycles. The highest BCUT2D eigenvalue weighted by atomic mass is 16.5. The SMILES string of the molecule is C=CCOC[C@@]12CCCO[C@@H]1CCN(C(=O)c1cc(C)on1)C2. The molecule has 0 N–H and O–H groups in total. The molecule has 2 aliphatic heterocycles. The quantitative estimate of drug-likeness (QED) is 0.615. The van der Waals surface area contributed by atoms with Crippen molar-refractivity contribution in [1.82, 2.24) is 10.1 Å². The summed E-state index contributed by atoms with van der Waals surface area (Å²) in [7, 11) is 0. The lowest BCUT2D eigenvalue weighted by Gasteiger charge is -2.50. The average Bonchev–Trinajstić information content (AvgIpc) is 3.00. The monoisotopic (exact) mass is 320 g/mol. The number of hydrogen-bond donors (Lipinski definition) is 0. The molecule has 6 nitrogen and oxygen atoms in total. The number of nitrogens with zero attached hydrogens (tertiary/aromatic N) is 2. The van der Waals surface area contributed by atoms with Gasteiger partial charge in [-0.1, -0.05) is 11.2 Å². The molecule has 2 aliphatic rings. The van der Waals surface area contributed by atoms with E-state index >= 15 is 0 Å². The molecule has 0 bridgehead atoms. The van der Waals surface area contributed by atoms with Gasteiger partial charge in [-0.25, -0.2) is 0 Å². The second-order valence-corrected chi connectivity index (χ2v) is 6.47. The van der Waals surface area contributed by atoms with Crippen LogP contribution in [0.1, 0.15) is 35.5 Å². The van der Waals surface area contributed by atoms with Crippen LogP contribution in [0, 0.1) is 12.3 Å². The van der Waals surface area contributed by atoms with Crippen molar-refractivity contribution in [1.29, 1.82) is 0 Å². The van der Waals surface area contributed by atoms with Crippen LogP contribution in [-0.4, -0.2) is 55.0 Å². The minimum absolute atomic E-state index is 0.0750. The highest BCUT2D eigenvalue weighted by molar-refractivity contribution is 5.92. The number of aromatic nitrogens is 1. The third-order valence-electron chi connectivity index (χ3n) is 4.75. The van der Waals surface area contributed by atoms with Gasteiger partial charge in [-0.05, 0) is 26.2 Å². The Balaban J connectivity index is 1.74. The van der Waals surface area contributed by atoms with Gasteiger partial charge in [-0.3, -0.25) is 4.79 Å². The van der Waals surface area contributed by atoms with E-state index in [1.54, 1.807) is 19.1 Å². The summed E-state index contributed by atoms with van der Waals surface area (Å²) in [4.78, 5) is 14.5. The number of ether oxygens (including phenoxy) is 2. The Morgan fingerprint density at radius 3 is 3.26 bits per heavy atom. The summed E-state index contributed by atoms with van der Waals surface area (Å²) in [5.74, 6) is 0.572. The number of likely N-dealkylation sites (tertiary alicyclic amines) is 1. The third kappa shape index (κ3) is 3.33. The van der Waals surface area contributed by atoms with E-state index < -0.39 is 0 Å². The zero-order valence-corrected chi connectivity index (χ0v) is 13.6. The fourth-order valence-corrected chi connectivity index (χ4v) is 3.65. The van der Waals surface area contributed by atoms with Crippen LogP contribution in [0.3, 0.4) is 0 Å². The molecule has 2 fully saturated rings. The Morgan fingerprint density at radius 2 is 2.52 bits per heavy atom. The fraction of sp³-hybridized carbons (Fsp3) is 0.647. The minimum atomic E-state index is -0.131. The molecule has 1 amide bonds. The average molecular weight is 320 g/mol. The van der Waals surface area contributed by atoms with E-state index in [1.807, 2.05) is 4.90 Å². The largest absolute Gasteiger partial charge is 0.377 e. The predicted molar refractivity (Wildman–Crippen MR) is 84.2 cm³/mol. The van der Waals surface area contributed by atoms with Crippen molar-refractivity contribution in [2.45, 2.75) is 32.3 Å². The summed E-state index contributed by atoms with van der Waals surface area (Å²) >= 11 is 0. The second kappa shape index (κ2) is 6.84. The van der Waals surface area contributed by atoms with Crippen molar-refractivity contribution in [3.63, 3.8) is 0 Å². The fourth-order valence-electron chi connectivity index (χ4n) is 3.65. The molecule has 23 heavy (non-hydrogen) atoms. The third-order valence-corrected chi connectivity index (χ3v) is 4.75. The highest BCUT2D eigenvalue weighted by Crippen LogP contribution is 2.40. The van der Waals surface area contributed by atoms with E-state index in [-0.39, 0.29) is 17.4 Å². The summed E-state index contributed by atoms with van der Waals surface area (Å²) < 4.78 is 16.8. The van der Waals surface area contributed by atoms with E-state index in [0.717, 1.165) is 25.9 Å². The standard InChI is InChI=1S/C17H24N2O4/c1-3-8-21-12-17-6-4-9-22-15(17)5-7-19(11-17)16(20)14-10-13(2)23-18-14/h3,10,15H,1,4-9,11-12H2,2H3/t15-,17+/m1/s1. The molecule has 0 spiro atoms. The Kier molecular flexibility index (Phi) is 4.82. The van der Waals surface area contributed by atoms with Crippen LogP contribution in [0.5, 0.6) is 0 Å². The van der Waals surface area contributed by atoms with Crippen LogP contribution < -0.4 is 0 Å². The number of carbonyl (C=O) groups excluding carboxylic acids is 1. The van der Waals surface area contributed by atoms with Crippen LogP contribution >= 0.6 is 0 Å². The Labute approximate surface area is 136 Å². The number of aryl methyl sites for hydroxylation is 1. The molecule has 3 rings (SSSR count). The molecule has 2 saturated heterocycles. The van der Waals surface area contributed by atoms with E-state index in [4.69, 9.17) is 14.0 Å². The first-order valence-electron chi connectivity index (χ1n) is 8.17. The first-order chi connectivity index (χ1) is 11.1. The molecular formula is C17H24N2O4. The maximum Gasteiger partial charge on any atom is 0.276 e. The van der Waals surface area contributed by atoms with E-state index in [0.29, 0.717) is 37.8 Å². The van der Waals surface area contributed by atoms with Crippen molar-refractivity contribution >= 4 is 5.91 Å². The molecule has 1 aromatic heterocycles. The number of fused-ring (bicyclic) bond motifs is 1. The number of rotatable bonds is 5. The molecule has 2 atom stereocenters. The maximum absolute atomic E-state index is 12.7. The summed E-state index contributed by atoms with van der Waals surface area (Å²) in [6, 6.07) is 1.69. The van der Waals surface area contributed by atoms with Gasteiger partial charge in [0.05, 0.1) is 19.3 Å². The van der Waals surface area contributed by atoms with Gasteiger partial charge < -0.3 is 18.9 Å². The summed E-state index contributed by atoms with van der Waals surface area (Å²) in [5, 5.41) is 3.85. The molecule has 6 heteroatoms. The molecule has 126 valence electrons. The van der Waals surface area contributed by atoms with Gasteiger partial charge in [0.2, 0.25) is 0 Å². The van der Waals surface area contributed by atoms with E-state index in [2.05, 4.69) is 11.7 Å². The first kappa shape index (κ1) is 16.2. The van der Waals surface area contributed by atoms with E-state index in [1.165, 1.54) is 0 Å². The van der Waals surface area contributed by atoms with Crippen molar-refractivity contribution in [2.75, 3.05) is 32.9 Å². The zero-order chi connectivity index (χ0) is 16.3. The highest BCUT2D eigenvalue weighted by Gasteiger charge is 2.47. The Morgan fingerprint density at radius 1 is 1.65 bits per heavy atom. The molecule has 0 saturated carbocycles. The van der Waals surface area contributed by atoms with Crippen molar-refractivity contribution in [3.8, 4) is 0 Å². The van der Waals surface area contributed by atoms with Crippen molar-refractivity contribution < 1.29 is 18.8 Å². The molecule has 0 aromatic carbocycles. The van der Waals surface area contributed by atoms with Crippen LogP contribution in [0.15, 0.2) is 23.2 Å². The number of amides is 1. The molecular weight excluding hydrogens is 296 g/mol. The zero-order valence-electron chi connectivity index (χ0n) is 13.6. The molecule has 0 unspecified atom stereocenters. The number of piperidine rings is 1. The Hall–Kier alpha value is -1.66. The van der Waals surface area contributed by atoms with Crippen LogP contribution in [0.2, 0.25) is 0 Å². The van der Waals surface area contributed by atoms with Gasteiger partial charge in [0.1, 0.15) is 5.76 Å². The summed E-state index contributed by atoms with van der Waals surface area (Å²) in [6.07, 6.45) is 4.75. The maximum atomic E-state index is 12.7. The lowest BCUT2D eigenvalue weighted by molar-refractivity contribution is -0.144. The van der Waals surface area contributed by atoms with Gasteiger partial charge in [0.25, 0.3) is 5.91 Å². The first-order valence-corrected chi connectivity index (χ1v) is 8.17. The van der Waals surface area contributed by atoms with Gasteiger partial charge in [0, 0.05) is 31.2 Å². The van der Waals surface area contributed by atoms with Crippen molar-refractivity contribution in [3.05, 3.63) is 30.2 Å². The predicted octanol–water partition coefficient (Wildman–Crippen LogP) is 2.20. The number of hydrogen-bond acceptors (Lipinski definition) is 5. The summed E-state index contributed by atoms with van der Waals surface area (Å²) in [5.41, 5.74) is 0.244. The summed E-state index contributed by atoms with van der Waals surface area (Å²) in [6.45, 7) is 8.70. The molecule has 3 heterocycles. The van der Waals surface area contributed by atoms with E-state index in [9.17, 15) is 4.79 Å². The second-order valence-electron chi connectivity index (χ2n) is 6.47. The van der Waals surface area contributed by atoms with Gasteiger partial charge in [-0.15, -0.1) is 6.58 Å². The normalized spacial score (nSPS) is 27.5. The van der Waals surface area contributed by atoms with Gasteiger partial charge in [-0.2, -0.15) is 0 Å². The van der Waals surface area contributed by atoms with Crippen LogP contribution in [0.4, 0.5) is 0 Å². The van der Waals surface area contributed by atoms with Crippen LogP contribution in [-0.2, 0) is 9.47 Å². The molecule has 0 radical (unpaired) electrons. The molecule has 1 aromatic rings. The smallest absolute Gasteiger partial charge is 0.276 e. The van der Waals surface area contributed by atoms with Gasteiger partial charge in [0.15, 0.2) is 5.69 Å². The topological polar surface area (TPSA) is 64.8 Å². The number of carbonyl (C=O) groups is 1. The lowest BCUT2D eigenvalue weighted by atomic mass is 9.73.